The zero-order valence-electron chi connectivity index (χ0n) is 18.1. The summed E-state index contributed by atoms with van der Waals surface area (Å²) in [6, 6.07) is 16.4. The van der Waals surface area contributed by atoms with E-state index in [1.807, 2.05) is 6.92 Å². The first-order valence-corrected chi connectivity index (χ1v) is 11.8. The minimum absolute atomic E-state index is 0.0383. The van der Waals surface area contributed by atoms with Crippen LogP contribution in [0.5, 0.6) is 5.88 Å². The highest BCUT2D eigenvalue weighted by Gasteiger charge is 2.32. The number of rotatable bonds is 7. The minimum Gasteiger partial charge on any atom is -0.358 e. The molecule has 3 aromatic rings. The van der Waals surface area contributed by atoms with E-state index in [0.717, 1.165) is 11.1 Å². The average Bonchev–Trinajstić information content (AvgIpc) is 3.12. The Bertz CT molecular complexity index is 1320. The number of amides is 2. The van der Waals surface area contributed by atoms with Crippen molar-refractivity contribution in [1.29, 1.82) is 0 Å². The molecule has 0 radical (unpaired) electrons. The van der Waals surface area contributed by atoms with Crippen LogP contribution in [0.15, 0.2) is 71.8 Å². The summed E-state index contributed by atoms with van der Waals surface area (Å²) in [5.74, 6) is -1.83. The van der Waals surface area contributed by atoms with Crippen molar-refractivity contribution in [2.75, 3.05) is 0 Å². The molecule has 0 atom stereocenters. The lowest BCUT2D eigenvalue weighted by atomic mass is 10.0. The molecule has 1 aromatic heterocycles. The Morgan fingerprint density at radius 1 is 0.912 bits per heavy atom. The van der Waals surface area contributed by atoms with Crippen molar-refractivity contribution >= 4 is 27.9 Å². The third-order valence-corrected chi connectivity index (χ3v) is 6.32. The van der Waals surface area contributed by atoms with Gasteiger partial charge in [0.05, 0.1) is 6.42 Å². The summed E-state index contributed by atoms with van der Waals surface area (Å²) in [7, 11) is -3.99. The molecule has 1 aliphatic rings. The number of benzene rings is 2. The molecule has 1 saturated heterocycles. The number of aryl methyl sites for hydroxylation is 1. The van der Waals surface area contributed by atoms with Crippen molar-refractivity contribution in [3.05, 3.63) is 78.0 Å². The number of hydrogen-bond donors (Lipinski definition) is 0. The van der Waals surface area contributed by atoms with E-state index in [1.165, 1.54) is 24.4 Å². The molecule has 34 heavy (non-hydrogen) atoms. The second-order valence-electron chi connectivity index (χ2n) is 7.65. The monoisotopic (exact) mass is 480 g/mol. The molecule has 174 valence electrons. The second-order valence-corrected chi connectivity index (χ2v) is 9.20. The standard InChI is InChI=1S/C24H20N2O7S/c1-16-2-9-20(10-3-16)34(30,31)33-21-11-8-19(15-25-21)18-6-4-17(5-7-18)14-24(29)32-26-22(27)12-13-23(26)28/h2-11,15H,12-14H2,1H3. The molecule has 0 N–H and O–H groups in total. The molecule has 2 heterocycles. The van der Waals surface area contributed by atoms with E-state index in [2.05, 4.69) is 4.98 Å². The van der Waals surface area contributed by atoms with E-state index in [0.29, 0.717) is 16.2 Å². The molecule has 0 saturated carbocycles. The van der Waals surface area contributed by atoms with E-state index in [1.54, 1.807) is 42.5 Å². The lowest BCUT2D eigenvalue weighted by molar-refractivity contribution is -0.197. The Balaban J connectivity index is 1.38. The zero-order valence-corrected chi connectivity index (χ0v) is 18.9. The van der Waals surface area contributed by atoms with Gasteiger partial charge in [0.1, 0.15) is 4.90 Å². The zero-order chi connectivity index (χ0) is 24.3. The predicted molar refractivity (Wildman–Crippen MR) is 120 cm³/mol. The summed E-state index contributed by atoms with van der Waals surface area (Å²) in [6.07, 6.45) is 1.44. The van der Waals surface area contributed by atoms with Crippen LogP contribution in [0.3, 0.4) is 0 Å². The molecule has 2 aromatic carbocycles. The Hall–Kier alpha value is -4.05. The van der Waals surface area contributed by atoms with Crippen molar-refractivity contribution in [3.63, 3.8) is 0 Å². The first kappa shape index (κ1) is 23.1. The fourth-order valence-electron chi connectivity index (χ4n) is 3.24. The van der Waals surface area contributed by atoms with Gasteiger partial charge in [0.25, 0.3) is 11.8 Å². The van der Waals surface area contributed by atoms with Crippen LogP contribution in [0.25, 0.3) is 11.1 Å². The molecule has 0 bridgehead atoms. The number of aromatic nitrogens is 1. The van der Waals surface area contributed by atoms with Gasteiger partial charge in [0, 0.05) is 30.7 Å². The third kappa shape index (κ3) is 5.29. The summed E-state index contributed by atoms with van der Waals surface area (Å²) in [4.78, 5) is 44.1. The number of carbonyl (C=O) groups excluding carboxylic acids is 3. The first-order chi connectivity index (χ1) is 16.2. The first-order valence-electron chi connectivity index (χ1n) is 10.3. The topological polar surface area (TPSA) is 120 Å². The second kappa shape index (κ2) is 9.44. The maximum absolute atomic E-state index is 12.4. The lowest BCUT2D eigenvalue weighted by Gasteiger charge is -2.12. The van der Waals surface area contributed by atoms with E-state index >= 15 is 0 Å². The van der Waals surface area contributed by atoms with Gasteiger partial charge in [-0.25, -0.2) is 9.78 Å². The van der Waals surface area contributed by atoms with Crippen LogP contribution in [0.4, 0.5) is 0 Å². The van der Waals surface area contributed by atoms with Crippen LogP contribution in [-0.2, 0) is 35.8 Å². The van der Waals surface area contributed by atoms with E-state index in [9.17, 15) is 22.8 Å². The third-order valence-electron chi connectivity index (χ3n) is 5.08. The Morgan fingerprint density at radius 2 is 1.53 bits per heavy atom. The van der Waals surface area contributed by atoms with Gasteiger partial charge < -0.3 is 9.02 Å². The quantitative estimate of drug-likeness (QED) is 0.374. The molecule has 0 spiro atoms. The maximum atomic E-state index is 12.4. The van der Waals surface area contributed by atoms with Gasteiger partial charge >= 0.3 is 16.1 Å². The lowest BCUT2D eigenvalue weighted by Crippen LogP contribution is -2.32. The fraction of sp³-hybridized carbons (Fsp3) is 0.167. The van der Waals surface area contributed by atoms with Crippen LogP contribution in [-0.4, -0.2) is 36.2 Å². The summed E-state index contributed by atoms with van der Waals surface area (Å²) < 4.78 is 29.9. The summed E-state index contributed by atoms with van der Waals surface area (Å²) in [6.45, 7) is 1.86. The molecular weight excluding hydrogens is 460 g/mol. The van der Waals surface area contributed by atoms with Crippen LogP contribution in [0, 0.1) is 6.92 Å². The number of nitrogens with zero attached hydrogens (tertiary/aromatic N) is 2. The van der Waals surface area contributed by atoms with Gasteiger partial charge in [-0.1, -0.05) is 42.0 Å². The fourth-order valence-corrected chi connectivity index (χ4v) is 4.13. The van der Waals surface area contributed by atoms with Gasteiger partial charge in [-0.3, -0.25) is 9.59 Å². The number of imide groups is 1. The Morgan fingerprint density at radius 3 is 2.12 bits per heavy atom. The van der Waals surface area contributed by atoms with Crippen LogP contribution in [0.1, 0.15) is 24.0 Å². The summed E-state index contributed by atoms with van der Waals surface area (Å²) in [5, 5.41) is 0.519. The summed E-state index contributed by atoms with van der Waals surface area (Å²) in [5.41, 5.74) is 3.05. The molecular formula is C24H20N2O7S. The van der Waals surface area contributed by atoms with Gasteiger partial charge in [-0.05, 0) is 36.2 Å². The Labute approximate surface area is 196 Å². The van der Waals surface area contributed by atoms with Crippen LogP contribution < -0.4 is 4.18 Å². The van der Waals surface area contributed by atoms with Gasteiger partial charge in [-0.2, -0.15) is 8.42 Å². The van der Waals surface area contributed by atoms with E-state index in [-0.39, 0.29) is 30.0 Å². The normalized spacial score (nSPS) is 13.7. The largest absolute Gasteiger partial charge is 0.358 e. The van der Waals surface area contributed by atoms with Gasteiger partial charge in [0.2, 0.25) is 5.88 Å². The molecule has 2 amide bonds. The number of carbonyl (C=O) groups is 3. The van der Waals surface area contributed by atoms with E-state index < -0.39 is 27.9 Å². The minimum atomic E-state index is -3.99. The van der Waals surface area contributed by atoms with Gasteiger partial charge in [-0.15, -0.1) is 5.06 Å². The highest BCUT2D eigenvalue weighted by Crippen LogP contribution is 2.23. The smallest absolute Gasteiger partial charge is 0.340 e. The molecule has 1 fully saturated rings. The summed E-state index contributed by atoms with van der Waals surface area (Å²) >= 11 is 0. The van der Waals surface area contributed by atoms with Crippen molar-refractivity contribution in [1.82, 2.24) is 10.0 Å². The predicted octanol–water partition coefficient (Wildman–Crippen LogP) is 2.97. The Kier molecular flexibility index (Phi) is 6.42. The van der Waals surface area contributed by atoms with Crippen molar-refractivity contribution < 1.29 is 31.8 Å². The van der Waals surface area contributed by atoms with Crippen LogP contribution in [0.2, 0.25) is 0 Å². The van der Waals surface area contributed by atoms with Crippen molar-refractivity contribution in [2.24, 2.45) is 0 Å². The molecule has 0 unspecified atom stereocenters. The maximum Gasteiger partial charge on any atom is 0.340 e. The molecule has 9 nitrogen and oxygen atoms in total. The van der Waals surface area contributed by atoms with Crippen molar-refractivity contribution in [3.8, 4) is 17.0 Å². The number of hydrogen-bond acceptors (Lipinski definition) is 8. The SMILES string of the molecule is Cc1ccc(S(=O)(=O)Oc2ccc(-c3ccc(CC(=O)ON4C(=O)CCC4=O)cc3)cn2)cc1. The average molecular weight is 480 g/mol. The highest BCUT2D eigenvalue weighted by molar-refractivity contribution is 7.87. The van der Waals surface area contributed by atoms with Gasteiger partial charge in [0.15, 0.2) is 0 Å². The number of hydroxylamine groups is 2. The van der Waals surface area contributed by atoms with E-state index in [4.69, 9.17) is 9.02 Å². The highest BCUT2D eigenvalue weighted by atomic mass is 32.2. The molecule has 4 rings (SSSR count). The van der Waals surface area contributed by atoms with Crippen LogP contribution >= 0.6 is 0 Å². The molecule has 1 aliphatic heterocycles. The van der Waals surface area contributed by atoms with Crippen molar-refractivity contribution in [2.45, 2.75) is 31.1 Å². The number of pyridine rings is 1. The molecule has 10 heteroatoms. The molecule has 0 aliphatic carbocycles.